The number of hydrogen-bond donors (Lipinski definition) is 0. The number of halogens is 1. The van der Waals surface area contributed by atoms with Gasteiger partial charge in [0.05, 0.1) is 18.7 Å². The summed E-state index contributed by atoms with van der Waals surface area (Å²) in [5.41, 5.74) is 0.536. The summed E-state index contributed by atoms with van der Waals surface area (Å²) in [6.07, 6.45) is 1.49. The molecule has 3 rings (SSSR count). The maximum atomic E-state index is 13.5. The Hall–Kier alpha value is -3.26. The van der Waals surface area contributed by atoms with Gasteiger partial charge in [-0.2, -0.15) is 0 Å². The van der Waals surface area contributed by atoms with E-state index in [1.165, 1.54) is 29.7 Å². The smallest absolute Gasteiger partial charge is 0.341 e. The van der Waals surface area contributed by atoms with Gasteiger partial charge in [-0.3, -0.25) is 9.59 Å². The number of ketones is 2. The van der Waals surface area contributed by atoms with Crippen LogP contribution in [0.4, 0.5) is 0 Å². The topological polar surface area (TPSA) is 91.2 Å². The van der Waals surface area contributed by atoms with Crippen LogP contribution in [0.2, 0.25) is 0 Å². The lowest BCUT2D eigenvalue weighted by atomic mass is 10.0. The van der Waals surface area contributed by atoms with E-state index in [4.69, 9.17) is 9.47 Å². The van der Waals surface area contributed by atoms with Crippen molar-refractivity contribution in [3.63, 3.8) is 0 Å². The zero-order valence-electron chi connectivity index (χ0n) is 17.2. The summed E-state index contributed by atoms with van der Waals surface area (Å²) < 4.78 is 12.5. The third kappa shape index (κ3) is 4.29. The lowest BCUT2D eigenvalue weighted by Gasteiger charge is -2.07. The maximum Gasteiger partial charge on any atom is 0.341 e. The molecule has 0 N–H and O–H groups in total. The molecule has 7 nitrogen and oxygen atoms in total. The predicted molar refractivity (Wildman–Crippen MR) is 117 cm³/mol. The first-order chi connectivity index (χ1) is 14.8. The molecule has 0 spiro atoms. The van der Waals surface area contributed by atoms with Crippen LogP contribution in [-0.2, 0) is 9.47 Å². The first-order valence-electron chi connectivity index (χ1n) is 9.63. The van der Waals surface area contributed by atoms with Crippen LogP contribution in [0.25, 0.3) is 5.52 Å². The van der Waals surface area contributed by atoms with Gasteiger partial charge in [0.2, 0.25) is 5.78 Å². The summed E-state index contributed by atoms with van der Waals surface area (Å²) in [5.74, 6) is -2.30. The van der Waals surface area contributed by atoms with E-state index in [9.17, 15) is 19.2 Å². The molecule has 1 aromatic carbocycles. The Morgan fingerprint density at radius 3 is 2.00 bits per heavy atom. The summed E-state index contributed by atoms with van der Waals surface area (Å²) >= 11 is 3.33. The van der Waals surface area contributed by atoms with Crippen molar-refractivity contribution in [2.45, 2.75) is 20.8 Å². The zero-order valence-corrected chi connectivity index (χ0v) is 18.8. The van der Waals surface area contributed by atoms with Gasteiger partial charge in [-0.1, -0.05) is 15.9 Å². The third-order valence-corrected chi connectivity index (χ3v) is 5.15. The van der Waals surface area contributed by atoms with Crippen LogP contribution in [0.15, 0.2) is 47.1 Å². The maximum absolute atomic E-state index is 13.5. The standard InChI is InChI=1S/C23H20BrNO6/c1-4-30-22(28)18-17-12-15(13(3)26)10-11-25(17)20(19(18)23(29)31-5-2)21(27)14-6-8-16(24)9-7-14/h6-12H,4-5H2,1-3H3. The summed E-state index contributed by atoms with van der Waals surface area (Å²) in [5, 5.41) is 0. The van der Waals surface area contributed by atoms with E-state index in [1.807, 2.05) is 0 Å². The molecule has 0 radical (unpaired) electrons. The molecule has 0 aliphatic heterocycles. The van der Waals surface area contributed by atoms with Gasteiger partial charge in [0.25, 0.3) is 0 Å². The van der Waals surface area contributed by atoms with Crippen LogP contribution < -0.4 is 0 Å². The van der Waals surface area contributed by atoms with Crippen LogP contribution in [0, 0.1) is 0 Å². The average molecular weight is 486 g/mol. The Bertz CT molecular complexity index is 1190. The molecule has 2 heterocycles. The Morgan fingerprint density at radius 1 is 0.871 bits per heavy atom. The largest absolute Gasteiger partial charge is 0.462 e. The molecular formula is C23H20BrNO6. The lowest BCUT2D eigenvalue weighted by Crippen LogP contribution is -2.16. The molecule has 0 unspecified atom stereocenters. The molecule has 0 atom stereocenters. The van der Waals surface area contributed by atoms with Gasteiger partial charge >= 0.3 is 11.9 Å². The highest BCUT2D eigenvalue weighted by Crippen LogP contribution is 2.29. The van der Waals surface area contributed by atoms with Gasteiger partial charge in [-0.05, 0) is 57.2 Å². The molecule has 0 saturated heterocycles. The highest BCUT2D eigenvalue weighted by molar-refractivity contribution is 9.10. The van der Waals surface area contributed by atoms with Gasteiger partial charge in [0, 0.05) is 21.8 Å². The monoisotopic (exact) mass is 485 g/mol. The number of Topliss-reactive ketones (excluding diaryl/α,β-unsaturated/α-hetero) is 1. The molecule has 0 aliphatic carbocycles. The van der Waals surface area contributed by atoms with Crippen molar-refractivity contribution in [2.24, 2.45) is 0 Å². The van der Waals surface area contributed by atoms with Crippen molar-refractivity contribution >= 4 is 45.0 Å². The van der Waals surface area contributed by atoms with E-state index in [0.717, 1.165) is 4.47 Å². The van der Waals surface area contributed by atoms with Crippen molar-refractivity contribution in [1.29, 1.82) is 0 Å². The van der Waals surface area contributed by atoms with Crippen molar-refractivity contribution in [3.05, 3.63) is 75.0 Å². The van der Waals surface area contributed by atoms with Crippen molar-refractivity contribution < 1.29 is 28.7 Å². The SMILES string of the molecule is CCOC(=O)c1c(C(=O)OCC)c2cc(C(C)=O)ccn2c1C(=O)c1ccc(Br)cc1. The fourth-order valence-electron chi connectivity index (χ4n) is 3.25. The van der Waals surface area contributed by atoms with E-state index in [0.29, 0.717) is 11.1 Å². The Labute approximate surface area is 187 Å². The van der Waals surface area contributed by atoms with Gasteiger partial charge < -0.3 is 13.9 Å². The van der Waals surface area contributed by atoms with Crippen LogP contribution >= 0.6 is 15.9 Å². The van der Waals surface area contributed by atoms with Crippen LogP contribution in [0.1, 0.15) is 67.9 Å². The summed E-state index contributed by atoms with van der Waals surface area (Å²) in [6, 6.07) is 9.61. The average Bonchev–Trinajstić information content (AvgIpc) is 3.08. The molecular weight excluding hydrogens is 466 g/mol. The summed E-state index contributed by atoms with van der Waals surface area (Å²) in [6.45, 7) is 4.77. The highest BCUT2D eigenvalue weighted by atomic mass is 79.9. The Balaban J connectivity index is 2.40. The van der Waals surface area contributed by atoms with Crippen LogP contribution in [-0.4, -0.2) is 41.1 Å². The molecule has 3 aromatic rings. The van der Waals surface area contributed by atoms with Gasteiger partial charge in [0.15, 0.2) is 5.78 Å². The van der Waals surface area contributed by atoms with E-state index < -0.39 is 17.7 Å². The molecule has 160 valence electrons. The second kappa shape index (κ2) is 9.26. The Kier molecular flexibility index (Phi) is 6.70. The van der Waals surface area contributed by atoms with Crippen LogP contribution in [0.3, 0.4) is 0 Å². The van der Waals surface area contributed by atoms with Crippen molar-refractivity contribution in [3.8, 4) is 0 Å². The van der Waals surface area contributed by atoms with E-state index >= 15 is 0 Å². The number of nitrogens with zero attached hydrogens (tertiary/aromatic N) is 1. The predicted octanol–water partition coefficient (Wildman–Crippen LogP) is 4.49. The number of aromatic nitrogens is 1. The summed E-state index contributed by atoms with van der Waals surface area (Å²) in [4.78, 5) is 51.1. The molecule has 0 bridgehead atoms. The minimum Gasteiger partial charge on any atom is -0.462 e. The molecule has 31 heavy (non-hydrogen) atoms. The molecule has 0 aliphatic rings. The molecule has 0 fully saturated rings. The minimum atomic E-state index is -0.820. The summed E-state index contributed by atoms with van der Waals surface area (Å²) in [7, 11) is 0. The zero-order chi connectivity index (χ0) is 22.7. The minimum absolute atomic E-state index is 0.0334. The second-order valence-electron chi connectivity index (χ2n) is 6.60. The fraction of sp³-hybridized carbons (Fsp3) is 0.217. The first kappa shape index (κ1) is 22.4. The lowest BCUT2D eigenvalue weighted by molar-refractivity contribution is 0.0480. The van der Waals surface area contributed by atoms with Crippen molar-refractivity contribution in [1.82, 2.24) is 4.40 Å². The number of esters is 2. The van der Waals surface area contributed by atoms with Crippen molar-refractivity contribution in [2.75, 3.05) is 13.2 Å². The number of hydrogen-bond acceptors (Lipinski definition) is 6. The van der Waals surface area contributed by atoms with Gasteiger partial charge in [0.1, 0.15) is 16.8 Å². The number of ether oxygens (including phenoxy) is 2. The number of rotatable bonds is 7. The van der Waals surface area contributed by atoms with Crippen LogP contribution in [0.5, 0.6) is 0 Å². The second-order valence-corrected chi connectivity index (χ2v) is 7.52. The Morgan fingerprint density at radius 2 is 1.45 bits per heavy atom. The van der Waals surface area contributed by atoms with E-state index in [2.05, 4.69) is 15.9 Å². The number of pyridine rings is 1. The number of carbonyl (C=O) groups excluding carboxylic acids is 4. The molecule has 2 aromatic heterocycles. The normalized spacial score (nSPS) is 10.7. The molecule has 0 amide bonds. The number of carbonyl (C=O) groups is 4. The molecule has 0 saturated carbocycles. The van der Waals surface area contributed by atoms with Gasteiger partial charge in [-0.15, -0.1) is 0 Å². The highest BCUT2D eigenvalue weighted by Gasteiger charge is 2.33. The third-order valence-electron chi connectivity index (χ3n) is 4.63. The first-order valence-corrected chi connectivity index (χ1v) is 10.4. The quantitative estimate of drug-likeness (QED) is 0.361. The number of benzene rings is 1. The fourth-order valence-corrected chi connectivity index (χ4v) is 3.51. The molecule has 8 heteroatoms. The van der Waals surface area contributed by atoms with E-state index in [1.54, 1.807) is 38.1 Å². The number of fused-ring (bicyclic) bond motifs is 1. The van der Waals surface area contributed by atoms with Gasteiger partial charge in [-0.25, -0.2) is 9.59 Å². The van der Waals surface area contributed by atoms with E-state index in [-0.39, 0.29) is 41.3 Å².